The topological polar surface area (TPSA) is 61.0 Å². The van der Waals surface area contributed by atoms with Crippen LogP contribution in [0.5, 0.6) is 0 Å². The minimum absolute atomic E-state index is 0.104. The van der Waals surface area contributed by atoms with Crippen LogP contribution in [0.25, 0.3) is 27.4 Å². The van der Waals surface area contributed by atoms with Crippen LogP contribution in [0.2, 0.25) is 0 Å². The van der Waals surface area contributed by atoms with Crippen LogP contribution in [0, 0.1) is 0 Å². The van der Waals surface area contributed by atoms with Crippen molar-refractivity contribution in [3.05, 3.63) is 64.5 Å². The molecule has 2 aromatic carbocycles. The molecule has 0 fully saturated rings. The van der Waals surface area contributed by atoms with Gasteiger partial charge < -0.3 is 13.9 Å². The van der Waals surface area contributed by atoms with Gasteiger partial charge in [0, 0.05) is 20.4 Å². The maximum Gasteiger partial charge on any atom is 0.202 e. The van der Waals surface area contributed by atoms with Gasteiger partial charge in [-0.3, -0.25) is 9.79 Å². The summed E-state index contributed by atoms with van der Waals surface area (Å²) in [5.41, 5.74) is 1.40. The summed E-state index contributed by atoms with van der Waals surface area (Å²) >= 11 is 0. The molecular formula is C20H17NO4. The van der Waals surface area contributed by atoms with Gasteiger partial charge in [-0.15, -0.1) is 0 Å². The number of hydrogen-bond donors (Lipinski definition) is 0. The maximum absolute atomic E-state index is 13.1. The number of aliphatic imine (C=N–C) groups is 1. The number of hydrogen-bond acceptors (Lipinski definition) is 5. The highest BCUT2D eigenvalue weighted by Gasteiger charge is 2.24. The number of fused-ring (bicyclic) bond motifs is 3. The molecule has 2 heterocycles. The third-order valence-corrected chi connectivity index (χ3v) is 4.49. The molecule has 0 saturated heterocycles. The molecule has 1 aliphatic rings. The van der Waals surface area contributed by atoms with E-state index in [0.29, 0.717) is 22.2 Å². The first-order valence-corrected chi connectivity index (χ1v) is 7.98. The lowest BCUT2D eigenvalue weighted by atomic mass is 10.0. The molecule has 0 amide bonds. The van der Waals surface area contributed by atoms with Crippen LogP contribution in [-0.4, -0.2) is 32.6 Å². The van der Waals surface area contributed by atoms with Gasteiger partial charge in [0.1, 0.15) is 24.1 Å². The zero-order valence-electron chi connectivity index (χ0n) is 13.9. The number of nitrogens with zero attached hydrogens (tertiary/aromatic N) is 1. The van der Waals surface area contributed by atoms with Crippen molar-refractivity contribution in [3.8, 4) is 0 Å². The minimum Gasteiger partial charge on any atom is -0.463 e. The molecule has 25 heavy (non-hydrogen) atoms. The molecule has 2 atom stereocenters. The van der Waals surface area contributed by atoms with Crippen molar-refractivity contribution in [1.29, 1.82) is 0 Å². The highest BCUT2D eigenvalue weighted by Crippen LogP contribution is 2.26. The average Bonchev–Trinajstić information content (AvgIpc) is 2.67. The second-order valence-corrected chi connectivity index (χ2v) is 5.87. The van der Waals surface area contributed by atoms with Gasteiger partial charge in [-0.1, -0.05) is 30.3 Å². The molecular weight excluding hydrogens is 318 g/mol. The number of rotatable bonds is 3. The van der Waals surface area contributed by atoms with Crippen LogP contribution in [0.4, 0.5) is 0 Å². The highest BCUT2D eigenvalue weighted by atomic mass is 16.5. The fourth-order valence-electron chi connectivity index (χ4n) is 3.16. The van der Waals surface area contributed by atoms with E-state index < -0.39 is 0 Å². The summed E-state index contributed by atoms with van der Waals surface area (Å²) in [7, 11) is 3.19. The van der Waals surface area contributed by atoms with Crippen LogP contribution >= 0.6 is 0 Å². The molecule has 2 unspecified atom stereocenters. The Labute approximate surface area is 144 Å². The second kappa shape index (κ2) is 6.27. The van der Waals surface area contributed by atoms with Gasteiger partial charge in [0.15, 0.2) is 0 Å². The van der Waals surface area contributed by atoms with Crippen molar-refractivity contribution in [3.63, 3.8) is 0 Å². The fourth-order valence-corrected chi connectivity index (χ4v) is 3.16. The second-order valence-electron chi connectivity index (χ2n) is 5.87. The van der Waals surface area contributed by atoms with E-state index in [-0.39, 0.29) is 17.6 Å². The summed E-state index contributed by atoms with van der Waals surface area (Å²) in [5.74, 6) is 0. The third kappa shape index (κ3) is 2.58. The zero-order chi connectivity index (χ0) is 17.4. The molecule has 5 heteroatoms. The molecule has 1 aromatic heterocycles. The maximum atomic E-state index is 13.1. The predicted molar refractivity (Wildman–Crippen MR) is 98.1 cm³/mol. The largest absolute Gasteiger partial charge is 0.463 e. The van der Waals surface area contributed by atoms with Crippen molar-refractivity contribution in [2.24, 2.45) is 4.99 Å². The smallest absolute Gasteiger partial charge is 0.202 e. The highest BCUT2D eigenvalue weighted by molar-refractivity contribution is 6.06. The molecule has 5 nitrogen and oxygen atoms in total. The Bertz CT molecular complexity index is 1060. The van der Waals surface area contributed by atoms with Gasteiger partial charge in [0.25, 0.3) is 0 Å². The SMILES string of the molecule is COC1C=NC(c2coc3ccc4ccccc4c3c2=O)=CC1OC. The lowest BCUT2D eigenvalue weighted by molar-refractivity contribution is 0.0270. The normalized spacial score (nSPS) is 20.2. The van der Waals surface area contributed by atoms with Gasteiger partial charge in [-0.25, -0.2) is 0 Å². The molecule has 0 spiro atoms. The van der Waals surface area contributed by atoms with Crippen molar-refractivity contribution < 1.29 is 13.9 Å². The van der Waals surface area contributed by atoms with E-state index >= 15 is 0 Å². The summed E-state index contributed by atoms with van der Waals surface area (Å²) < 4.78 is 16.5. The summed E-state index contributed by atoms with van der Waals surface area (Å²) in [6.45, 7) is 0. The summed E-state index contributed by atoms with van der Waals surface area (Å²) in [6.07, 6.45) is 4.32. The molecule has 0 bridgehead atoms. The third-order valence-electron chi connectivity index (χ3n) is 4.49. The van der Waals surface area contributed by atoms with Crippen molar-refractivity contribution >= 4 is 33.7 Å². The van der Waals surface area contributed by atoms with Gasteiger partial charge in [-0.2, -0.15) is 0 Å². The van der Waals surface area contributed by atoms with Crippen LogP contribution in [0.1, 0.15) is 5.56 Å². The Morgan fingerprint density at radius 3 is 2.64 bits per heavy atom. The fraction of sp³-hybridized carbons (Fsp3) is 0.200. The molecule has 0 radical (unpaired) electrons. The lowest BCUT2D eigenvalue weighted by Crippen LogP contribution is -2.32. The molecule has 4 rings (SSSR count). The van der Waals surface area contributed by atoms with E-state index in [2.05, 4.69) is 4.99 Å². The average molecular weight is 335 g/mol. The van der Waals surface area contributed by atoms with E-state index in [9.17, 15) is 4.79 Å². The summed E-state index contributed by atoms with van der Waals surface area (Å²) in [5, 5.41) is 2.43. The lowest BCUT2D eigenvalue weighted by Gasteiger charge is -2.22. The molecule has 126 valence electrons. The quantitative estimate of drug-likeness (QED) is 0.688. The first-order valence-electron chi connectivity index (χ1n) is 7.98. The number of methoxy groups -OCH3 is 2. The molecule has 0 aliphatic carbocycles. The summed E-state index contributed by atoms with van der Waals surface area (Å²) in [4.78, 5) is 17.5. The Kier molecular flexibility index (Phi) is 3.95. The van der Waals surface area contributed by atoms with Crippen molar-refractivity contribution in [1.82, 2.24) is 0 Å². The van der Waals surface area contributed by atoms with Crippen molar-refractivity contribution in [2.45, 2.75) is 12.2 Å². The standard InChI is InChI=1S/C20H17NO4/c1-23-17-9-15(21-10-18(17)24-2)14-11-25-16-8-7-12-5-3-4-6-13(12)19(16)20(14)22/h3-11,17-18H,1-2H3. The Balaban J connectivity index is 1.94. The van der Waals surface area contributed by atoms with E-state index in [4.69, 9.17) is 13.9 Å². The van der Waals surface area contributed by atoms with Gasteiger partial charge in [0.05, 0.1) is 16.6 Å². The first-order chi connectivity index (χ1) is 12.2. The van der Waals surface area contributed by atoms with Crippen LogP contribution in [-0.2, 0) is 9.47 Å². The first kappa shape index (κ1) is 15.7. The molecule has 0 N–H and O–H groups in total. The zero-order valence-corrected chi connectivity index (χ0v) is 13.9. The Hall–Kier alpha value is -2.76. The van der Waals surface area contributed by atoms with Gasteiger partial charge >= 0.3 is 0 Å². The van der Waals surface area contributed by atoms with E-state index in [0.717, 1.165) is 10.8 Å². The van der Waals surface area contributed by atoms with Gasteiger partial charge in [-0.05, 0) is 22.9 Å². The van der Waals surface area contributed by atoms with E-state index in [1.54, 1.807) is 26.5 Å². The van der Waals surface area contributed by atoms with Crippen molar-refractivity contribution in [2.75, 3.05) is 14.2 Å². The van der Waals surface area contributed by atoms with E-state index in [1.165, 1.54) is 6.26 Å². The molecule has 3 aromatic rings. The Morgan fingerprint density at radius 2 is 1.84 bits per heavy atom. The molecule has 0 saturated carbocycles. The van der Waals surface area contributed by atoms with Crippen LogP contribution in [0.3, 0.4) is 0 Å². The van der Waals surface area contributed by atoms with Gasteiger partial charge in [0.2, 0.25) is 5.43 Å². The number of ether oxygens (including phenoxy) is 2. The minimum atomic E-state index is -0.305. The van der Waals surface area contributed by atoms with E-state index in [1.807, 2.05) is 36.4 Å². The predicted octanol–water partition coefficient (Wildman–Crippen LogP) is 3.40. The van der Waals surface area contributed by atoms with Crippen LogP contribution in [0.15, 0.2) is 62.9 Å². The molecule has 1 aliphatic heterocycles. The number of benzene rings is 2. The monoisotopic (exact) mass is 335 g/mol. The Morgan fingerprint density at radius 1 is 1.04 bits per heavy atom. The van der Waals surface area contributed by atoms with Crippen LogP contribution < -0.4 is 5.43 Å². The summed E-state index contributed by atoms with van der Waals surface area (Å²) in [6, 6.07) is 11.5.